The predicted octanol–water partition coefficient (Wildman–Crippen LogP) is 3.30. The van der Waals surface area contributed by atoms with E-state index in [1.54, 1.807) is 18.2 Å². The van der Waals surface area contributed by atoms with Crippen molar-refractivity contribution >= 4 is 40.2 Å². The summed E-state index contributed by atoms with van der Waals surface area (Å²) in [6, 6.07) is 5.16. The molecule has 2 rings (SSSR count). The average Bonchev–Trinajstić information content (AvgIpc) is 2.70. The van der Waals surface area contributed by atoms with E-state index in [1.807, 2.05) is 0 Å². The van der Waals surface area contributed by atoms with Gasteiger partial charge in [0.1, 0.15) is 0 Å². The Morgan fingerprint density at radius 3 is 2.94 bits per heavy atom. The molecule has 0 unspecified atom stereocenters. The van der Waals surface area contributed by atoms with Crippen molar-refractivity contribution in [1.82, 2.24) is 4.98 Å². The molecule has 1 aromatic carbocycles. The third kappa shape index (κ3) is 2.05. The zero-order valence-electron chi connectivity index (χ0n) is 7.78. The van der Waals surface area contributed by atoms with E-state index in [9.17, 15) is 4.79 Å². The highest BCUT2D eigenvalue weighted by Gasteiger charge is 2.19. The Hall–Kier alpha value is -1.08. The lowest BCUT2D eigenvalue weighted by Crippen LogP contribution is -1.99. The third-order valence-electron chi connectivity index (χ3n) is 1.94. The summed E-state index contributed by atoms with van der Waals surface area (Å²) in [5.41, 5.74) is 0.517. The van der Waals surface area contributed by atoms with Crippen LogP contribution >= 0.6 is 34.2 Å². The van der Waals surface area contributed by atoms with Gasteiger partial charge in [-0.05, 0) is 40.8 Å². The molecule has 2 aromatic rings. The lowest BCUT2D eigenvalue weighted by atomic mass is 10.1. The van der Waals surface area contributed by atoms with Crippen LogP contribution < -0.4 is 0 Å². The van der Waals surface area contributed by atoms with Crippen molar-refractivity contribution in [2.75, 3.05) is 0 Å². The monoisotopic (exact) mass is 349 g/mol. The minimum atomic E-state index is -1.13. The minimum absolute atomic E-state index is 0.111. The molecule has 0 aliphatic heterocycles. The quantitative estimate of drug-likeness (QED) is 0.845. The second-order valence-electron chi connectivity index (χ2n) is 2.96. The van der Waals surface area contributed by atoms with Gasteiger partial charge in [-0.25, -0.2) is 9.78 Å². The van der Waals surface area contributed by atoms with Crippen LogP contribution in [0.3, 0.4) is 0 Å². The number of hydrogen-bond acceptors (Lipinski definition) is 3. The zero-order chi connectivity index (χ0) is 11.7. The fourth-order valence-electron chi connectivity index (χ4n) is 1.26. The molecule has 16 heavy (non-hydrogen) atoms. The molecule has 0 radical (unpaired) electrons. The molecular formula is C10H5ClINO3. The van der Waals surface area contributed by atoms with Gasteiger partial charge in [-0.1, -0.05) is 11.6 Å². The van der Waals surface area contributed by atoms with Gasteiger partial charge in [0, 0.05) is 14.2 Å². The Morgan fingerprint density at radius 1 is 1.50 bits per heavy atom. The number of rotatable bonds is 2. The van der Waals surface area contributed by atoms with Gasteiger partial charge >= 0.3 is 5.97 Å². The number of halogens is 2. The van der Waals surface area contributed by atoms with E-state index in [4.69, 9.17) is 21.1 Å². The van der Waals surface area contributed by atoms with E-state index < -0.39 is 5.97 Å². The summed E-state index contributed by atoms with van der Waals surface area (Å²) in [4.78, 5) is 14.5. The van der Waals surface area contributed by atoms with Crippen molar-refractivity contribution in [1.29, 1.82) is 0 Å². The molecule has 0 aliphatic rings. The van der Waals surface area contributed by atoms with Crippen LogP contribution in [0.15, 0.2) is 29.0 Å². The van der Waals surface area contributed by atoms with Crippen molar-refractivity contribution in [3.8, 4) is 11.3 Å². The number of aromatic carboxylic acids is 1. The highest BCUT2D eigenvalue weighted by molar-refractivity contribution is 14.1. The fraction of sp³-hybridized carbons (Fsp3) is 0. The standard InChI is InChI=1S/C10H5ClINO3/c11-5-1-2-7(12)6(3-5)9-8(10(14)15)13-4-16-9/h1-4H,(H,14,15). The van der Waals surface area contributed by atoms with Crippen LogP contribution in [-0.2, 0) is 0 Å². The predicted molar refractivity (Wildman–Crippen MR) is 66.6 cm³/mol. The SMILES string of the molecule is O=C(O)c1ncoc1-c1cc(Cl)ccc1I. The summed E-state index contributed by atoms with van der Waals surface area (Å²) in [5, 5.41) is 9.43. The van der Waals surface area contributed by atoms with Crippen LogP contribution in [0.1, 0.15) is 10.5 Å². The van der Waals surface area contributed by atoms with Crippen LogP contribution in [0.5, 0.6) is 0 Å². The normalized spacial score (nSPS) is 10.4. The van der Waals surface area contributed by atoms with Crippen LogP contribution in [0, 0.1) is 3.57 Å². The van der Waals surface area contributed by atoms with Crippen molar-refractivity contribution in [2.24, 2.45) is 0 Å². The molecule has 0 atom stereocenters. The van der Waals surface area contributed by atoms with Gasteiger partial charge in [-0.3, -0.25) is 0 Å². The van der Waals surface area contributed by atoms with Crippen molar-refractivity contribution in [3.05, 3.63) is 38.9 Å². The summed E-state index contributed by atoms with van der Waals surface area (Å²) in [6.07, 6.45) is 1.11. The second kappa shape index (κ2) is 4.42. The molecule has 0 saturated carbocycles. The van der Waals surface area contributed by atoms with E-state index >= 15 is 0 Å². The first kappa shape index (κ1) is 11.4. The second-order valence-corrected chi connectivity index (χ2v) is 4.56. The number of carboxylic acids is 1. The van der Waals surface area contributed by atoms with Crippen LogP contribution in [-0.4, -0.2) is 16.1 Å². The summed E-state index contributed by atoms with van der Waals surface area (Å²) in [5.74, 6) is -0.904. The van der Waals surface area contributed by atoms with E-state index in [0.717, 1.165) is 9.96 Å². The third-order valence-corrected chi connectivity index (χ3v) is 3.12. The molecule has 0 spiro atoms. The molecule has 0 aliphatic carbocycles. The molecule has 1 heterocycles. The van der Waals surface area contributed by atoms with Gasteiger partial charge < -0.3 is 9.52 Å². The summed E-state index contributed by atoms with van der Waals surface area (Å²) < 4.78 is 5.94. The number of nitrogens with zero attached hydrogens (tertiary/aromatic N) is 1. The molecule has 0 saturated heterocycles. The maximum atomic E-state index is 10.9. The summed E-state index contributed by atoms with van der Waals surface area (Å²) >= 11 is 7.93. The molecular weight excluding hydrogens is 344 g/mol. The van der Waals surface area contributed by atoms with Crippen LogP contribution in [0.4, 0.5) is 0 Å². The molecule has 1 N–H and O–H groups in total. The first-order valence-electron chi connectivity index (χ1n) is 4.22. The Bertz CT molecular complexity index is 553. The highest BCUT2D eigenvalue weighted by Crippen LogP contribution is 2.30. The van der Waals surface area contributed by atoms with Gasteiger partial charge in [0.15, 0.2) is 17.8 Å². The van der Waals surface area contributed by atoms with E-state index in [-0.39, 0.29) is 11.5 Å². The summed E-state index contributed by atoms with van der Waals surface area (Å²) in [7, 11) is 0. The number of carbonyl (C=O) groups is 1. The maximum Gasteiger partial charge on any atom is 0.358 e. The van der Waals surface area contributed by atoms with Gasteiger partial charge in [-0.15, -0.1) is 0 Å². The summed E-state index contributed by atoms with van der Waals surface area (Å²) in [6.45, 7) is 0. The Morgan fingerprint density at radius 2 is 2.25 bits per heavy atom. The molecule has 6 heteroatoms. The minimum Gasteiger partial charge on any atom is -0.476 e. The lowest BCUT2D eigenvalue weighted by Gasteiger charge is -2.02. The Kier molecular flexibility index (Phi) is 3.15. The molecule has 4 nitrogen and oxygen atoms in total. The molecule has 1 aromatic heterocycles. The first-order valence-corrected chi connectivity index (χ1v) is 5.67. The van der Waals surface area contributed by atoms with Crippen molar-refractivity contribution in [3.63, 3.8) is 0 Å². The van der Waals surface area contributed by atoms with Crippen molar-refractivity contribution in [2.45, 2.75) is 0 Å². The first-order chi connectivity index (χ1) is 7.59. The molecule has 0 bridgehead atoms. The number of aromatic nitrogens is 1. The molecule has 0 fully saturated rings. The van der Waals surface area contributed by atoms with E-state index in [2.05, 4.69) is 27.6 Å². The topological polar surface area (TPSA) is 63.3 Å². The average molecular weight is 350 g/mol. The lowest BCUT2D eigenvalue weighted by molar-refractivity contribution is 0.0691. The number of oxazole rings is 1. The number of benzene rings is 1. The largest absolute Gasteiger partial charge is 0.476 e. The van der Waals surface area contributed by atoms with Crippen molar-refractivity contribution < 1.29 is 14.3 Å². The highest BCUT2D eigenvalue weighted by atomic mass is 127. The number of hydrogen-bond donors (Lipinski definition) is 1. The molecule has 0 amide bonds. The Balaban J connectivity index is 2.62. The number of carboxylic acid groups (broad SMARTS) is 1. The smallest absolute Gasteiger partial charge is 0.358 e. The van der Waals surface area contributed by atoms with E-state index in [0.29, 0.717) is 10.6 Å². The van der Waals surface area contributed by atoms with Gasteiger partial charge in [0.05, 0.1) is 0 Å². The van der Waals surface area contributed by atoms with Gasteiger partial charge in [0.2, 0.25) is 0 Å². The van der Waals surface area contributed by atoms with Crippen LogP contribution in [0.25, 0.3) is 11.3 Å². The fourth-order valence-corrected chi connectivity index (χ4v) is 2.01. The zero-order valence-corrected chi connectivity index (χ0v) is 10.7. The van der Waals surface area contributed by atoms with Gasteiger partial charge in [0.25, 0.3) is 0 Å². The Labute approximate surface area is 109 Å². The van der Waals surface area contributed by atoms with E-state index in [1.165, 1.54) is 0 Å². The maximum absolute atomic E-state index is 10.9. The van der Waals surface area contributed by atoms with Crippen LogP contribution in [0.2, 0.25) is 5.02 Å². The molecule has 82 valence electrons. The van der Waals surface area contributed by atoms with Gasteiger partial charge in [-0.2, -0.15) is 0 Å².